The van der Waals surface area contributed by atoms with Crippen molar-refractivity contribution in [3.8, 4) is 6.07 Å². The Bertz CT molecular complexity index is 640. The summed E-state index contributed by atoms with van der Waals surface area (Å²) in [4.78, 5) is 0. The normalized spacial score (nSPS) is 12.0. The lowest BCUT2D eigenvalue weighted by molar-refractivity contribution is 0.151. The predicted molar refractivity (Wildman–Crippen MR) is 74.5 cm³/mol. The average molecular weight is 290 g/mol. The largest absolute Gasteiger partial charge is 0.366 e. The van der Waals surface area contributed by atoms with Crippen molar-refractivity contribution in [1.29, 1.82) is 5.26 Å². The van der Waals surface area contributed by atoms with E-state index in [-0.39, 0.29) is 5.56 Å². The van der Waals surface area contributed by atoms with E-state index >= 15 is 0 Å². The standard InChI is InChI=1S/C16H13F3N2/c1-10-6-13(17)8-14(7-10)21-15(9-20)11-2-4-12(5-3-11)16(18)19/h2-8,15-16,21H,1H3. The van der Waals surface area contributed by atoms with Gasteiger partial charge in [0.25, 0.3) is 6.43 Å². The van der Waals surface area contributed by atoms with Crippen molar-refractivity contribution < 1.29 is 13.2 Å². The molecule has 0 saturated heterocycles. The van der Waals surface area contributed by atoms with E-state index in [1.165, 1.54) is 36.4 Å². The number of hydrogen-bond donors (Lipinski definition) is 1. The Morgan fingerprint density at radius 2 is 1.67 bits per heavy atom. The molecular weight excluding hydrogens is 277 g/mol. The Morgan fingerprint density at radius 1 is 1.05 bits per heavy atom. The number of hydrogen-bond acceptors (Lipinski definition) is 2. The zero-order valence-corrected chi connectivity index (χ0v) is 11.3. The molecule has 0 saturated carbocycles. The quantitative estimate of drug-likeness (QED) is 0.882. The van der Waals surface area contributed by atoms with Crippen LogP contribution in [0.4, 0.5) is 18.9 Å². The van der Waals surface area contributed by atoms with Crippen LogP contribution in [0.3, 0.4) is 0 Å². The lowest BCUT2D eigenvalue weighted by Gasteiger charge is -2.14. The van der Waals surface area contributed by atoms with Crippen LogP contribution in [0.1, 0.15) is 29.2 Å². The molecule has 0 radical (unpaired) electrons. The molecule has 0 aliphatic carbocycles. The molecule has 0 bridgehead atoms. The number of rotatable bonds is 4. The predicted octanol–water partition coefficient (Wildman–Crippen LogP) is 4.75. The molecule has 21 heavy (non-hydrogen) atoms. The number of aryl methyl sites for hydroxylation is 1. The molecule has 0 aromatic heterocycles. The SMILES string of the molecule is Cc1cc(F)cc(NC(C#N)c2ccc(C(F)F)cc2)c1. The summed E-state index contributed by atoms with van der Waals surface area (Å²) in [7, 11) is 0. The number of nitriles is 1. The van der Waals surface area contributed by atoms with Crippen LogP contribution in [-0.2, 0) is 0 Å². The lowest BCUT2D eigenvalue weighted by Crippen LogP contribution is -2.09. The van der Waals surface area contributed by atoms with Crippen molar-refractivity contribution in [3.63, 3.8) is 0 Å². The number of anilines is 1. The number of halogens is 3. The maximum atomic E-state index is 13.3. The van der Waals surface area contributed by atoms with Gasteiger partial charge in [-0.05, 0) is 36.2 Å². The van der Waals surface area contributed by atoms with E-state index in [0.717, 1.165) is 5.56 Å². The topological polar surface area (TPSA) is 35.8 Å². The maximum absolute atomic E-state index is 13.3. The minimum absolute atomic E-state index is 0.1000. The summed E-state index contributed by atoms with van der Waals surface area (Å²) < 4.78 is 38.3. The van der Waals surface area contributed by atoms with Crippen LogP contribution in [0.5, 0.6) is 0 Å². The molecular formula is C16H13F3N2. The lowest BCUT2D eigenvalue weighted by atomic mass is 10.1. The van der Waals surface area contributed by atoms with Gasteiger partial charge >= 0.3 is 0 Å². The second-order valence-electron chi connectivity index (χ2n) is 4.69. The summed E-state index contributed by atoms with van der Waals surface area (Å²) in [6, 6.07) is 11.2. The molecule has 0 aliphatic heterocycles. The molecule has 0 amide bonds. The molecule has 2 aromatic carbocycles. The van der Waals surface area contributed by atoms with Crippen LogP contribution in [-0.4, -0.2) is 0 Å². The smallest absolute Gasteiger partial charge is 0.263 e. The molecule has 1 atom stereocenters. The Balaban J connectivity index is 2.22. The van der Waals surface area contributed by atoms with Crippen molar-refractivity contribution in [3.05, 3.63) is 65.0 Å². The second-order valence-corrected chi connectivity index (χ2v) is 4.69. The first-order chi connectivity index (χ1) is 9.99. The first-order valence-electron chi connectivity index (χ1n) is 6.31. The van der Waals surface area contributed by atoms with Crippen LogP contribution in [0.2, 0.25) is 0 Å². The van der Waals surface area contributed by atoms with Gasteiger partial charge in [-0.1, -0.05) is 24.3 Å². The van der Waals surface area contributed by atoms with Gasteiger partial charge in [0.15, 0.2) is 0 Å². The Morgan fingerprint density at radius 3 is 2.19 bits per heavy atom. The van der Waals surface area contributed by atoms with Crippen molar-refractivity contribution in [2.75, 3.05) is 5.32 Å². The molecule has 2 nitrogen and oxygen atoms in total. The van der Waals surface area contributed by atoms with Crippen molar-refractivity contribution >= 4 is 5.69 Å². The van der Waals surface area contributed by atoms with Gasteiger partial charge in [0.2, 0.25) is 0 Å². The van der Waals surface area contributed by atoms with Gasteiger partial charge in [0.1, 0.15) is 11.9 Å². The molecule has 0 heterocycles. The summed E-state index contributed by atoms with van der Waals surface area (Å²) in [5.74, 6) is -0.401. The van der Waals surface area contributed by atoms with E-state index in [4.69, 9.17) is 0 Å². The van der Waals surface area contributed by atoms with Gasteiger partial charge in [-0.2, -0.15) is 5.26 Å². The molecule has 0 fully saturated rings. The highest BCUT2D eigenvalue weighted by Crippen LogP contribution is 2.24. The third-order valence-electron chi connectivity index (χ3n) is 3.00. The number of alkyl halides is 2. The summed E-state index contributed by atoms with van der Waals surface area (Å²) in [6.45, 7) is 1.74. The number of benzene rings is 2. The summed E-state index contributed by atoms with van der Waals surface area (Å²) in [5, 5.41) is 12.1. The Labute approximate surface area is 120 Å². The van der Waals surface area contributed by atoms with Gasteiger partial charge in [-0.15, -0.1) is 0 Å². The van der Waals surface area contributed by atoms with E-state index in [2.05, 4.69) is 5.32 Å². The maximum Gasteiger partial charge on any atom is 0.263 e. The van der Waals surface area contributed by atoms with Crippen LogP contribution >= 0.6 is 0 Å². The monoisotopic (exact) mass is 290 g/mol. The van der Waals surface area contributed by atoms with Gasteiger partial charge in [0, 0.05) is 11.3 Å². The van der Waals surface area contributed by atoms with Crippen LogP contribution < -0.4 is 5.32 Å². The van der Waals surface area contributed by atoms with E-state index in [0.29, 0.717) is 11.3 Å². The van der Waals surface area contributed by atoms with Gasteiger partial charge in [-0.3, -0.25) is 0 Å². The average Bonchev–Trinajstić information content (AvgIpc) is 2.44. The highest BCUT2D eigenvalue weighted by atomic mass is 19.3. The zero-order valence-electron chi connectivity index (χ0n) is 11.3. The minimum Gasteiger partial charge on any atom is -0.366 e. The Hall–Kier alpha value is -2.48. The van der Waals surface area contributed by atoms with E-state index in [1.54, 1.807) is 13.0 Å². The summed E-state index contributed by atoms with van der Waals surface area (Å²) >= 11 is 0. The summed E-state index contributed by atoms with van der Waals surface area (Å²) in [5.41, 5.74) is 1.64. The number of nitrogens with zero attached hydrogens (tertiary/aromatic N) is 1. The fourth-order valence-corrected chi connectivity index (χ4v) is 2.01. The highest BCUT2D eigenvalue weighted by molar-refractivity contribution is 5.49. The van der Waals surface area contributed by atoms with Gasteiger partial charge in [0.05, 0.1) is 6.07 Å². The minimum atomic E-state index is -2.54. The summed E-state index contributed by atoms with van der Waals surface area (Å²) in [6.07, 6.45) is -2.54. The zero-order chi connectivity index (χ0) is 15.4. The van der Waals surface area contributed by atoms with Crippen LogP contribution in [0.25, 0.3) is 0 Å². The fraction of sp³-hybridized carbons (Fsp3) is 0.188. The molecule has 2 rings (SSSR count). The first kappa shape index (κ1) is 14.9. The van der Waals surface area contributed by atoms with Crippen molar-refractivity contribution in [2.45, 2.75) is 19.4 Å². The van der Waals surface area contributed by atoms with Crippen molar-refractivity contribution in [2.24, 2.45) is 0 Å². The number of nitrogens with one attached hydrogen (secondary N) is 1. The van der Waals surface area contributed by atoms with Gasteiger partial charge in [-0.25, -0.2) is 13.2 Å². The Kier molecular flexibility index (Phi) is 4.49. The molecule has 0 aliphatic rings. The molecule has 108 valence electrons. The third kappa shape index (κ3) is 3.76. The van der Waals surface area contributed by atoms with Gasteiger partial charge < -0.3 is 5.32 Å². The second kappa shape index (κ2) is 6.31. The van der Waals surface area contributed by atoms with Crippen LogP contribution in [0.15, 0.2) is 42.5 Å². The first-order valence-corrected chi connectivity index (χ1v) is 6.31. The van der Waals surface area contributed by atoms with Crippen LogP contribution in [0, 0.1) is 24.1 Å². The van der Waals surface area contributed by atoms with E-state index in [9.17, 15) is 18.4 Å². The molecule has 1 N–H and O–H groups in total. The highest BCUT2D eigenvalue weighted by Gasteiger charge is 2.13. The molecule has 0 spiro atoms. The van der Waals surface area contributed by atoms with Crippen molar-refractivity contribution in [1.82, 2.24) is 0 Å². The third-order valence-corrected chi connectivity index (χ3v) is 3.00. The molecule has 1 unspecified atom stereocenters. The fourth-order valence-electron chi connectivity index (χ4n) is 2.01. The van der Waals surface area contributed by atoms with E-state index < -0.39 is 18.3 Å². The molecule has 5 heteroatoms. The molecule has 2 aromatic rings. The van der Waals surface area contributed by atoms with E-state index in [1.807, 2.05) is 6.07 Å².